The van der Waals surface area contributed by atoms with E-state index in [9.17, 15) is 4.79 Å². The number of nitrogens with two attached hydrogens (primary N) is 1. The minimum Gasteiger partial charge on any atom is -0.489 e. The van der Waals surface area contributed by atoms with Crippen LogP contribution in [-0.2, 0) is 6.61 Å². The predicted octanol–water partition coefficient (Wildman–Crippen LogP) is 2.59. The molecule has 0 aliphatic carbocycles. The minimum atomic E-state index is -0.469. The van der Waals surface area contributed by atoms with E-state index in [0.29, 0.717) is 11.5 Å². The maximum Gasteiger partial charge on any atom is 0.301 e. The number of benzene rings is 1. The molecular weight excluding hydrogens is 256 g/mol. The average molecular weight is 274 g/mol. The first-order chi connectivity index (χ1) is 9.61. The number of furan rings is 1. The molecule has 1 heterocycles. The van der Waals surface area contributed by atoms with E-state index in [-0.39, 0.29) is 12.4 Å². The number of carbonyl (C=O) groups excluding carboxylic acids is 1. The number of hydrogen-bond donors (Lipinski definition) is 2. The molecule has 0 unspecified atom stereocenters. The van der Waals surface area contributed by atoms with Gasteiger partial charge in [0, 0.05) is 5.56 Å². The SMILES string of the molecule is CC(C)c1ccc(OCc2ccoc2C(=O)NN)cc1. The van der Waals surface area contributed by atoms with Gasteiger partial charge in [-0.3, -0.25) is 10.2 Å². The topological polar surface area (TPSA) is 77.5 Å². The number of nitrogens with one attached hydrogen (secondary N) is 1. The van der Waals surface area contributed by atoms with E-state index < -0.39 is 5.91 Å². The lowest BCUT2D eigenvalue weighted by Crippen LogP contribution is -2.30. The summed E-state index contributed by atoms with van der Waals surface area (Å²) in [6, 6.07) is 9.58. The van der Waals surface area contributed by atoms with E-state index in [1.807, 2.05) is 29.7 Å². The van der Waals surface area contributed by atoms with E-state index in [1.165, 1.54) is 11.8 Å². The summed E-state index contributed by atoms with van der Waals surface area (Å²) < 4.78 is 10.7. The van der Waals surface area contributed by atoms with Crippen LogP contribution in [0.5, 0.6) is 5.75 Å². The summed E-state index contributed by atoms with van der Waals surface area (Å²) >= 11 is 0. The molecule has 106 valence electrons. The highest BCUT2D eigenvalue weighted by Crippen LogP contribution is 2.20. The number of amides is 1. The fourth-order valence-electron chi connectivity index (χ4n) is 1.82. The van der Waals surface area contributed by atoms with Gasteiger partial charge in [0.1, 0.15) is 12.4 Å². The zero-order valence-electron chi connectivity index (χ0n) is 11.6. The van der Waals surface area contributed by atoms with Gasteiger partial charge >= 0.3 is 5.91 Å². The maximum absolute atomic E-state index is 11.4. The first-order valence-electron chi connectivity index (χ1n) is 6.42. The van der Waals surface area contributed by atoms with Crippen LogP contribution in [0.4, 0.5) is 0 Å². The van der Waals surface area contributed by atoms with Crippen molar-refractivity contribution in [2.24, 2.45) is 5.84 Å². The van der Waals surface area contributed by atoms with E-state index in [2.05, 4.69) is 13.8 Å². The van der Waals surface area contributed by atoms with Crippen molar-refractivity contribution in [1.29, 1.82) is 0 Å². The number of carbonyl (C=O) groups is 1. The zero-order valence-corrected chi connectivity index (χ0v) is 11.6. The molecule has 1 amide bonds. The molecule has 0 aliphatic rings. The Balaban J connectivity index is 2.02. The second-order valence-corrected chi connectivity index (χ2v) is 4.76. The molecule has 0 saturated carbocycles. The fourth-order valence-corrected chi connectivity index (χ4v) is 1.82. The van der Waals surface area contributed by atoms with Gasteiger partial charge < -0.3 is 9.15 Å². The van der Waals surface area contributed by atoms with Crippen LogP contribution >= 0.6 is 0 Å². The summed E-state index contributed by atoms with van der Waals surface area (Å²) in [7, 11) is 0. The van der Waals surface area contributed by atoms with E-state index in [0.717, 1.165) is 5.75 Å². The molecule has 2 aromatic rings. The summed E-state index contributed by atoms with van der Waals surface area (Å²) in [6.07, 6.45) is 1.44. The molecular formula is C15H18N2O3. The second-order valence-electron chi connectivity index (χ2n) is 4.76. The van der Waals surface area contributed by atoms with Crippen molar-refractivity contribution in [3.63, 3.8) is 0 Å². The van der Waals surface area contributed by atoms with Crippen molar-refractivity contribution in [1.82, 2.24) is 5.43 Å². The lowest BCUT2D eigenvalue weighted by molar-refractivity contribution is 0.0922. The Bertz CT molecular complexity index is 573. The Morgan fingerprint density at radius 2 is 2.00 bits per heavy atom. The normalized spacial score (nSPS) is 10.6. The molecule has 1 aromatic carbocycles. The fraction of sp³-hybridized carbons (Fsp3) is 0.267. The van der Waals surface area contributed by atoms with Gasteiger partial charge in [-0.05, 0) is 29.7 Å². The zero-order chi connectivity index (χ0) is 14.5. The summed E-state index contributed by atoms with van der Waals surface area (Å²) in [5, 5.41) is 0. The van der Waals surface area contributed by atoms with Crippen LogP contribution < -0.4 is 16.0 Å². The van der Waals surface area contributed by atoms with Gasteiger partial charge in [0.05, 0.1) is 6.26 Å². The molecule has 0 fully saturated rings. The van der Waals surface area contributed by atoms with E-state index in [4.69, 9.17) is 15.0 Å². The smallest absolute Gasteiger partial charge is 0.301 e. The van der Waals surface area contributed by atoms with Gasteiger partial charge in [-0.1, -0.05) is 26.0 Å². The highest BCUT2D eigenvalue weighted by Gasteiger charge is 2.14. The Hall–Kier alpha value is -2.27. The molecule has 1 aromatic heterocycles. The van der Waals surface area contributed by atoms with Gasteiger partial charge in [0.15, 0.2) is 5.76 Å². The summed E-state index contributed by atoms with van der Waals surface area (Å²) in [5.74, 6) is 6.02. The van der Waals surface area contributed by atoms with E-state index >= 15 is 0 Å². The molecule has 20 heavy (non-hydrogen) atoms. The molecule has 0 aliphatic heterocycles. The Labute approximate surface area is 117 Å². The number of hydrogen-bond acceptors (Lipinski definition) is 4. The van der Waals surface area contributed by atoms with Crippen molar-refractivity contribution in [3.05, 3.63) is 53.5 Å². The van der Waals surface area contributed by atoms with Crippen LogP contribution in [0.25, 0.3) is 0 Å². The maximum atomic E-state index is 11.4. The molecule has 3 N–H and O–H groups in total. The third-order valence-electron chi connectivity index (χ3n) is 3.03. The standard InChI is InChI=1S/C15H18N2O3/c1-10(2)11-3-5-13(6-4-11)20-9-12-7-8-19-14(12)15(18)17-16/h3-8,10H,9,16H2,1-2H3,(H,17,18). The second kappa shape index (κ2) is 6.25. The van der Waals surface area contributed by atoms with Crippen molar-refractivity contribution >= 4 is 5.91 Å². The van der Waals surface area contributed by atoms with E-state index in [1.54, 1.807) is 6.07 Å². The van der Waals surface area contributed by atoms with Gasteiger partial charge in [-0.25, -0.2) is 5.84 Å². The highest BCUT2D eigenvalue weighted by atomic mass is 16.5. The van der Waals surface area contributed by atoms with Crippen molar-refractivity contribution in [2.45, 2.75) is 26.4 Å². The third-order valence-corrected chi connectivity index (χ3v) is 3.03. The van der Waals surface area contributed by atoms with Gasteiger partial charge in [0.25, 0.3) is 0 Å². The molecule has 0 spiro atoms. The summed E-state index contributed by atoms with van der Waals surface area (Å²) in [4.78, 5) is 11.4. The van der Waals surface area contributed by atoms with Crippen molar-refractivity contribution in [3.8, 4) is 5.75 Å². The van der Waals surface area contributed by atoms with Crippen LogP contribution in [0.2, 0.25) is 0 Å². The monoisotopic (exact) mass is 274 g/mol. The van der Waals surface area contributed by atoms with Crippen LogP contribution in [0.1, 0.15) is 41.4 Å². The van der Waals surface area contributed by atoms with Gasteiger partial charge in [0.2, 0.25) is 0 Å². The molecule has 5 nitrogen and oxygen atoms in total. The van der Waals surface area contributed by atoms with Crippen LogP contribution in [0.3, 0.4) is 0 Å². The van der Waals surface area contributed by atoms with Crippen molar-refractivity contribution in [2.75, 3.05) is 0 Å². The molecule has 0 atom stereocenters. The first kappa shape index (κ1) is 14.1. The number of hydrazine groups is 1. The quantitative estimate of drug-likeness (QED) is 0.499. The Morgan fingerprint density at radius 1 is 1.30 bits per heavy atom. The first-order valence-corrected chi connectivity index (χ1v) is 6.42. The Kier molecular flexibility index (Phi) is 4.42. The predicted molar refractivity (Wildman–Crippen MR) is 75.2 cm³/mol. The van der Waals surface area contributed by atoms with Gasteiger partial charge in [-0.15, -0.1) is 0 Å². The van der Waals surface area contributed by atoms with Gasteiger partial charge in [-0.2, -0.15) is 0 Å². The molecule has 5 heteroatoms. The molecule has 2 rings (SSSR count). The summed E-state index contributed by atoms with van der Waals surface area (Å²) in [5.41, 5.74) is 3.94. The lowest BCUT2D eigenvalue weighted by Gasteiger charge is -2.08. The lowest BCUT2D eigenvalue weighted by atomic mass is 10.0. The average Bonchev–Trinajstić information content (AvgIpc) is 2.93. The van der Waals surface area contributed by atoms with Crippen LogP contribution in [-0.4, -0.2) is 5.91 Å². The van der Waals surface area contributed by atoms with Crippen molar-refractivity contribution < 1.29 is 13.9 Å². The highest BCUT2D eigenvalue weighted by molar-refractivity contribution is 5.92. The van der Waals surface area contributed by atoms with Crippen LogP contribution in [0.15, 0.2) is 41.0 Å². The number of nitrogen functional groups attached to an aromatic ring is 1. The molecule has 0 radical (unpaired) electrons. The number of ether oxygens (including phenoxy) is 1. The number of rotatable bonds is 5. The third kappa shape index (κ3) is 3.19. The Morgan fingerprint density at radius 3 is 2.60 bits per heavy atom. The summed E-state index contributed by atoms with van der Waals surface area (Å²) in [6.45, 7) is 4.53. The molecule has 0 saturated heterocycles. The van der Waals surface area contributed by atoms with Crippen LogP contribution in [0, 0.1) is 0 Å². The minimum absolute atomic E-state index is 0.173. The molecule has 0 bridgehead atoms. The largest absolute Gasteiger partial charge is 0.489 e.